The third-order valence-corrected chi connectivity index (χ3v) is 3.17. The van der Waals surface area contributed by atoms with Crippen molar-refractivity contribution in [2.75, 3.05) is 0 Å². The Labute approximate surface area is 112 Å². The molecule has 0 unspecified atom stereocenters. The second-order valence-corrected chi connectivity index (χ2v) is 4.79. The van der Waals surface area contributed by atoms with Gasteiger partial charge in [0.05, 0.1) is 5.69 Å². The van der Waals surface area contributed by atoms with Crippen molar-refractivity contribution in [3.63, 3.8) is 0 Å². The van der Waals surface area contributed by atoms with Crippen molar-refractivity contribution in [2.45, 2.75) is 20.0 Å². The average Bonchev–Trinajstić information content (AvgIpc) is 2.83. The van der Waals surface area contributed by atoms with E-state index in [4.69, 9.17) is 0 Å². The number of hydrogen-bond acceptors (Lipinski definition) is 2. The number of pyridine rings is 1. The van der Waals surface area contributed by atoms with Crippen LogP contribution in [0.4, 0.5) is 0 Å². The van der Waals surface area contributed by atoms with E-state index in [1.54, 1.807) is 0 Å². The van der Waals surface area contributed by atoms with E-state index in [0.29, 0.717) is 0 Å². The zero-order valence-corrected chi connectivity index (χ0v) is 11.0. The van der Waals surface area contributed by atoms with Gasteiger partial charge in [-0.2, -0.15) is 0 Å². The number of hydrogen-bond donors (Lipinski definition) is 1. The number of benzene rings is 1. The Morgan fingerprint density at radius 2 is 1.89 bits per heavy atom. The lowest BCUT2D eigenvalue weighted by atomic mass is 10.1. The van der Waals surface area contributed by atoms with Crippen molar-refractivity contribution in [3.05, 3.63) is 71.7 Å². The zero-order chi connectivity index (χ0) is 13.1. The van der Waals surface area contributed by atoms with Crippen LogP contribution in [0.15, 0.2) is 54.9 Å². The van der Waals surface area contributed by atoms with E-state index in [9.17, 15) is 0 Å². The van der Waals surface area contributed by atoms with Gasteiger partial charge in [0.1, 0.15) is 5.65 Å². The standard InChI is InChI=1S/C16H17N3/c1-13-5-7-14(8-6-13)10-17-11-15-12-19-9-3-2-4-16(19)18-15/h2-9,12,17H,10-11H2,1H3. The third-order valence-electron chi connectivity index (χ3n) is 3.17. The summed E-state index contributed by atoms with van der Waals surface area (Å²) >= 11 is 0. The second kappa shape index (κ2) is 5.24. The van der Waals surface area contributed by atoms with E-state index in [2.05, 4.69) is 47.7 Å². The van der Waals surface area contributed by atoms with Crippen molar-refractivity contribution in [3.8, 4) is 0 Å². The minimum Gasteiger partial charge on any atom is -0.307 e. The van der Waals surface area contributed by atoms with Crippen molar-refractivity contribution >= 4 is 5.65 Å². The monoisotopic (exact) mass is 251 g/mol. The topological polar surface area (TPSA) is 29.3 Å². The van der Waals surface area contributed by atoms with Crippen molar-refractivity contribution < 1.29 is 0 Å². The first kappa shape index (κ1) is 11.9. The summed E-state index contributed by atoms with van der Waals surface area (Å²) in [5, 5.41) is 3.42. The Kier molecular flexibility index (Phi) is 3.29. The minimum atomic E-state index is 0.787. The fourth-order valence-corrected chi connectivity index (χ4v) is 2.11. The van der Waals surface area contributed by atoms with Crippen LogP contribution in [0.5, 0.6) is 0 Å². The van der Waals surface area contributed by atoms with Crippen LogP contribution in [0.2, 0.25) is 0 Å². The molecule has 19 heavy (non-hydrogen) atoms. The van der Waals surface area contributed by atoms with E-state index in [1.807, 2.05) is 28.8 Å². The lowest BCUT2D eigenvalue weighted by Crippen LogP contribution is -2.12. The molecule has 2 aromatic heterocycles. The molecule has 0 spiro atoms. The molecule has 0 bridgehead atoms. The number of aromatic nitrogens is 2. The number of imidazole rings is 1. The van der Waals surface area contributed by atoms with Crippen LogP contribution in [-0.2, 0) is 13.1 Å². The molecule has 0 aliphatic rings. The van der Waals surface area contributed by atoms with E-state index >= 15 is 0 Å². The van der Waals surface area contributed by atoms with Gasteiger partial charge in [0.2, 0.25) is 0 Å². The number of fused-ring (bicyclic) bond motifs is 1. The van der Waals surface area contributed by atoms with Crippen LogP contribution in [0, 0.1) is 6.92 Å². The molecule has 0 fully saturated rings. The van der Waals surface area contributed by atoms with Gasteiger partial charge in [-0.05, 0) is 24.6 Å². The van der Waals surface area contributed by atoms with E-state index in [1.165, 1.54) is 11.1 Å². The van der Waals surface area contributed by atoms with Gasteiger partial charge in [-0.3, -0.25) is 0 Å². The summed E-state index contributed by atoms with van der Waals surface area (Å²) in [5.74, 6) is 0. The normalized spacial score (nSPS) is 11.0. The fraction of sp³-hybridized carbons (Fsp3) is 0.188. The van der Waals surface area contributed by atoms with Gasteiger partial charge in [-0.25, -0.2) is 4.98 Å². The van der Waals surface area contributed by atoms with E-state index in [0.717, 1.165) is 24.4 Å². The molecule has 0 aliphatic carbocycles. The molecular formula is C16H17N3. The maximum absolute atomic E-state index is 4.56. The Hall–Kier alpha value is -2.13. The van der Waals surface area contributed by atoms with Gasteiger partial charge in [-0.1, -0.05) is 35.9 Å². The number of nitrogens with one attached hydrogen (secondary N) is 1. The SMILES string of the molecule is Cc1ccc(CNCc2cn3ccccc3n2)cc1. The van der Waals surface area contributed by atoms with Gasteiger partial charge in [0, 0.05) is 25.5 Å². The Bertz CT molecular complexity index is 635. The van der Waals surface area contributed by atoms with Crippen LogP contribution < -0.4 is 5.32 Å². The first-order valence-corrected chi connectivity index (χ1v) is 6.50. The maximum atomic E-state index is 4.56. The molecule has 0 radical (unpaired) electrons. The summed E-state index contributed by atoms with van der Waals surface area (Å²) in [6.45, 7) is 3.76. The molecule has 0 saturated heterocycles. The molecule has 0 saturated carbocycles. The molecule has 3 nitrogen and oxygen atoms in total. The van der Waals surface area contributed by atoms with Gasteiger partial charge >= 0.3 is 0 Å². The smallest absolute Gasteiger partial charge is 0.137 e. The van der Waals surface area contributed by atoms with Crippen molar-refractivity contribution in [1.29, 1.82) is 0 Å². The predicted octanol–water partition coefficient (Wildman–Crippen LogP) is 2.93. The maximum Gasteiger partial charge on any atom is 0.137 e. The molecule has 0 amide bonds. The molecule has 1 N–H and O–H groups in total. The molecule has 3 aromatic rings. The van der Waals surface area contributed by atoms with Crippen LogP contribution >= 0.6 is 0 Å². The van der Waals surface area contributed by atoms with Crippen LogP contribution in [0.3, 0.4) is 0 Å². The third kappa shape index (κ3) is 2.83. The second-order valence-electron chi connectivity index (χ2n) is 4.79. The summed E-state index contributed by atoms with van der Waals surface area (Å²) in [5.41, 5.74) is 4.66. The van der Waals surface area contributed by atoms with Crippen molar-refractivity contribution in [1.82, 2.24) is 14.7 Å². The highest BCUT2D eigenvalue weighted by Gasteiger charge is 2.00. The summed E-state index contributed by atoms with van der Waals surface area (Å²) in [7, 11) is 0. The Morgan fingerprint density at radius 3 is 2.68 bits per heavy atom. The molecule has 3 rings (SSSR count). The molecular weight excluding hydrogens is 234 g/mol. The molecule has 2 heterocycles. The molecule has 96 valence electrons. The molecule has 3 heteroatoms. The first-order valence-electron chi connectivity index (χ1n) is 6.50. The average molecular weight is 251 g/mol. The Balaban J connectivity index is 1.61. The summed E-state index contributed by atoms with van der Waals surface area (Å²) in [6.07, 6.45) is 4.09. The summed E-state index contributed by atoms with van der Waals surface area (Å²) in [4.78, 5) is 4.56. The van der Waals surface area contributed by atoms with Gasteiger partial charge in [-0.15, -0.1) is 0 Å². The van der Waals surface area contributed by atoms with Crippen LogP contribution in [-0.4, -0.2) is 9.38 Å². The van der Waals surface area contributed by atoms with Crippen LogP contribution in [0.25, 0.3) is 5.65 Å². The highest BCUT2D eigenvalue weighted by Crippen LogP contribution is 2.05. The van der Waals surface area contributed by atoms with Crippen molar-refractivity contribution in [2.24, 2.45) is 0 Å². The van der Waals surface area contributed by atoms with Crippen LogP contribution in [0.1, 0.15) is 16.8 Å². The summed E-state index contributed by atoms with van der Waals surface area (Å²) in [6, 6.07) is 14.6. The first-order chi connectivity index (χ1) is 9.31. The van der Waals surface area contributed by atoms with Gasteiger partial charge < -0.3 is 9.72 Å². The largest absolute Gasteiger partial charge is 0.307 e. The number of aryl methyl sites for hydroxylation is 1. The number of rotatable bonds is 4. The molecule has 0 atom stereocenters. The Morgan fingerprint density at radius 1 is 1.05 bits per heavy atom. The fourth-order valence-electron chi connectivity index (χ4n) is 2.11. The molecule has 0 aliphatic heterocycles. The summed E-state index contributed by atoms with van der Waals surface area (Å²) < 4.78 is 2.04. The predicted molar refractivity (Wildman–Crippen MR) is 76.9 cm³/mol. The highest BCUT2D eigenvalue weighted by molar-refractivity contribution is 5.39. The lowest BCUT2D eigenvalue weighted by Gasteiger charge is -2.03. The highest BCUT2D eigenvalue weighted by atomic mass is 15.0. The zero-order valence-electron chi connectivity index (χ0n) is 11.0. The minimum absolute atomic E-state index is 0.787. The quantitative estimate of drug-likeness (QED) is 0.772. The molecule has 1 aromatic carbocycles. The lowest BCUT2D eigenvalue weighted by molar-refractivity contribution is 0.683. The number of nitrogens with zero attached hydrogens (tertiary/aromatic N) is 2. The van der Waals surface area contributed by atoms with E-state index < -0.39 is 0 Å². The van der Waals surface area contributed by atoms with E-state index in [-0.39, 0.29) is 0 Å². The van der Waals surface area contributed by atoms with Gasteiger partial charge in [0.25, 0.3) is 0 Å². The van der Waals surface area contributed by atoms with Gasteiger partial charge in [0.15, 0.2) is 0 Å².